The fourth-order valence-electron chi connectivity index (χ4n) is 5.77. The lowest BCUT2D eigenvalue weighted by Crippen LogP contribution is -2.70. The molecule has 4 aliphatic rings. The summed E-state index contributed by atoms with van der Waals surface area (Å²) >= 11 is 0. The second-order valence-electron chi connectivity index (χ2n) is 12.5. The average Bonchev–Trinajstić information content (AvgIpc) is 3.20. The van der Waals surface area contributed by atoms with Crippen LogP contribution in [0.15, 0.2) is 84.5 Å². The van der Waals surface area contributed by atoms with Gasteiger partial charge in [-0.3, -0.25) is 4.42 Å². The molecule has 0 aromatic heterocycles. The number of carbonyl (C=O) groups excluding carboxylic acids is 2. The van der Waals surface area contributed by atoms with Gasteiger partial charge in [-0.05, 0) is 72.6 Å². The van der Waals surface area contributed by atoms with E-state index >= 15 is 0 Å². The van der Waals surface area contributed by atoms with Crippen LogP contribution in [0.1, 0.15) is 17.5 Å². The first-order chi connectivity index (χ1) is 28.3. The van der Waals surface area contributed by atoms with Crippen molar-refractivity contribution in [3.05, 3.63) is 95.6 Å². The van der Waals surface area contributed by atoms with Crippen molar-refractivity contribution in [3.8, 4) is 5.75 Å². The molecule has 0 spiro atoms. The van der Waals surface area contributed by atoms with Crippen LogP contribution in [0.25, 0.3) is 5.57 Å². The average molecular weight is 933 g/mol. The molecular formula is C32H46N5O13Si8+. The van der Waals surface area contributed by atoms with Crippen molar-refractivity contribution in [2.24, 2.45) is 17.2 Å². The van der Waals surface area contributed by atoms with E-state index in [2.05, 4.69) is 47.1 Å². The number of nitrogens with two attached hydrogens (primary N) is 3. The highest BCUT2D eigenvalue weighted by atomic mass is 28.6. The molecule has 6 rings (SSSR count). The van der Waals surface area contributed by atoms with Crippen LogP contribution in [0.4, 0.5) is 4.79 Å². The number of amides is 2. The van der Waals surface area contributed by atoms with Gasteiger partial charge < -0.3 is 73.7 Å². The molecule has 3 fully saturated rings. The predicted molar refractivity (Wildman–Crippen MR) is 223 cm³/mol. The number of urea groups is 1. The largest absolute Gasteiger partial charge is 0.551 e. The predicted octanol–water partition coefficient (Wildman–Crippen LogP) is 0.393. The van der Waals surface area contributed by atoms with Crippen molar-refractivity contribution in [1.82, 2.24) is 10.6 Å². The van der Waals surface area contributed by atoms with Crippen LogP contribution >= 0.6 is 0 Å². The van der Waals surface area contributed by atoms with Gasteiger partial charge in [0.1, 0.15) is 5.75 Å². The first-order valence-electron chi connectivity index (χ1n) is 18.5. The Morgan fingerprint density at radius 1 is 0.741 bits per heavy atom. The molecule has 2 unspecified atom stereocenters. The van der Waals surface area contributed by atoms with Gasteiger partial charge in [0, 0.05) is 49.4 Å². The Bertz CT molecular complexity index is 1740. The third-order valence-electron chi connectivity index (χ3n) is 8.38. The summed E-state index contributed by atoms with van der Waals surface area (Å²) in [5.74, 6) is 1.54. The Labute approximate surface area is 352 Å². The summed E-state index contributed by atoms with van der Waals surface area (Å²) in [4.78, 5) is 12.7. The van der Waals surface area contributed by atoms with Gasteiger partial charge in [-0.25, -0.2) is 4.79 Å². The number of hydrogen-bond acceptors (Lipinski definition) is 15. The summed E-state index contributed by atoms with van der Waals surface area (Å²) < 4.78 is 73.6. The monoisotopic (exact) mass is 932 g/mol. The van der Waals surface area contributed by atoms with E-state index in [1.54, 1.807) is 7.11 Å². The number of ether oxygens (including phenoxy) is 1. The number of hydrogen-bond donors (Lipinski definition) is 5. The normalized spacial score (nSPS) is 23.5. The smallest absolute Gasteiger partial charge is 0.494 e. The Kier molecular flexibility index (Phi) is 17.9. The number of rotatable bonds is 16. The SMILES string of the molecule is C[O+]=C1C=CC(=C(c2ccccc2)c2ccc(OCCCNC(=O)NCC[Si]3O[Si]O[Si]4O[Si]5O[Si]O[Si](CCN)O[Si](CCN)(O5)O[Si](CCN)(O3)O4)cc2)C=C1. The zero-order valence-corrected chi connectivity index (χ0v) is 39.8. The van der Waals surface area contributed by atoms with E-state index in [9.17, 15) is 4.79 Å². The lowest BCUT2D eigenvalue weighted by molar-refractivity contribution is -0.417. The third kappa shape index (κ3) is 13.1. The van der Waals surface area contributed by atoms with Crippen LogP contribution in [0, 0.1) is 0 Å². The molecule has 3 saturated heterocycles. The Hall–Kier alpha value is -2.38. The molecule has 2 aromatic rings. The summed E-state index contributed by atoms with van der Waals surface area (Å²) in [6.07, 6.45) is 8.64. The maximum Gasteiger partial charge on any atom is 0.551 e. The molecule has 26 heteroatoms. The zero-order chi connectivity index (χ0) is 40.6. The fraction of sp³-hybridized carbons (Fsp3) is 0.375. The number of allylic oxidation sites excluding steroid dienone is 5. The van der Waals surface area contributed by atoms with Gasteiger partial charge in [0.2, 0.25) is 0 Å². The maximum absolute atomic E-state index is 12.7. The zero-order valence-electron chi connectivity index (χ0n) is 31.8. The summed E-state index contributed by atoms with van der Waals surface area (Å²) in [7, 11) is -15.5. The molecule has 2 aromatic carbocycles. The summed E-state index contributed by atoms with van der Waals surface area (Å²) in [6, 6.07) is 19.2. The van der Waals surface area contributed by atoms with Gasteiger partial charge in [0.25, 0.3) is 7.11 Å². The van der Waals surface area contributed by atoms with E-state index in [4.69, 9.17) is 67.5 Å². The van der Waals surface area contributed by atoms with E-state index in [1.807, 2.05) is 42.5 Å². The van der Waals surface area contributed by atoms with E-state index < -0.39 is 65.2 Å². The van der Waals surface area contributed by atoms with Crippen LogP contribution in [0.3, 0.4) is 0 Å². The first-order valence-corrected chi connectivity index (χ1v) is 29.5. The number of fused-ring (bicyclic) bond motifs is 4. The molecule has 3 heterocycles. The van der Waals surface area contributed by atoms with Crippen LogP contribution in [0.2, 0.25) is 24.2 Å². The minimum absolute atomic E-state index is 0.173. The van der Waals surface area contributed by atoms with Crippen LogP contribution < -0.4 is 32.6 Å². The number of benzene rings is 2. The number of carbonyl (C=O) groups is 1. The molecule has 8 N–H and O–H groups in total. The lowest BCUT2D eigenvalue weighted by atomic mass is 9.91. The van der Waals surface area contributed by atoms with Crippen molar-refractivity contribution in [2.45, 2.75) is 30.6 Å². The molecule has 1 aliphatic carbocycles. The van der Waals surface area contributed by atoms with Gasteiger partial charge in [0.05, 0.1) is 6.61 Å². The van der Waals surface area contributed by atoms with E-state index in [0.29, 0.717) is 38.2 Å². The molecule has 0 saturated carbocycles. The number of ketones is 1. The lowest BCUT2D eigenvalue weighted by Gasteiger charge is -2.45. The van der Waals surface area contributed by atoms with Crippen molar-refractivity contribution in [1.29, 1.82) is 0 Å². The molecule has 2 atom stereocenters. The number of nitrogens with one attached hydrogen (secondary N) is 2. The maximum atomic E-state index is 12.7. The molecule has 308 valence electrons. The highest BCUT2D eigenvalue weighted by Crippen LogP contribution is 2.33. The Balaban J connectivity index is 0.977. The van der Waals surface area contributed by atoms with Crippen molar-refractivity contribution >= 4 is 92.6 Å². The van der Waals surface area contributed by atoms with E-state index in [0.717, 1.165) is 33.8 Å². The van der Waals surface area contributed by atoms with Gasteiger partial charge in [-0.1, -0.05) is 42.5 Å². The van der Waals surface area contributed by atoms with Gasteiger partial charge in [0.15, 0.2) is 0 Å². The topological polar surface area (TPSA) is 232 Å². The molecule has 8 radical (unpaired) electrons. The Morgan fingerprint density at radius 2 is 1.34 bits per heavy atom. The molecule has 18 nitrogen and oxygen atoms in total. The summed E-state index contributed by atoms with van der Waals surface area (Å²) in [6.45, 7) is 1.79. The van der Waals surface area contributed by atoms with Gasteiger partial charge >= 0.3 is 87.1 Å². The molecular weight excluding hydrogens is 887 g/mol. The fourth-order valence-corrected chi connectivity index (χ4v) is 28.3. The highest BCUT2D eigenvalue weighted by Gasteiger charge is 2.62. The van der Waals surface area contributed by atoms with E-state index in [-0.39, 0.29) is 47.8 Å². The van der Waals surface area contributed by atoms with Gasteiger partial charge in [-0.15, -0.1) is 0 Å². The third-order valence-corrected chi connectivity index (χ3v) is 28.0. The van der Waals surface area contributed by atoms with Crippen molar-refractivity contribution in [3.63, 3.8) is 0 Å². The van der Waals surface area contributed by atoms with Gasteiger partial charge in [-0.2, -0.15) is 0 Å². The Morgan fingerprint density at radius 3 is 1.95 bits per heavy atom. The van der Waals surface area contributed by atoms with Crippen molar-refractivity contribution in [2.75, 3.05) is 46.4 Å². The molecule has 2 amide bonds. The second-order valence-corrected chi connectivity index (χ2v) is 28.3. The molecule has 3 aliphatic heterocycles. The minimum Gasteiger partial charge on any atom is -0.494 e. The van der Waals surface area contributed by atoms with Crippen LogP contribution in [-0.2, 0) is 45.6 Å². The molecule has 58 heavy (non-hydrogen) atoms. The second kappa shape index (κ2) is 23.0. The first kappa shape index (κ1) is 45.1. The summed E-state index contributed by atoms with van der Waals surface area (Å²) in [5.41, 5.74) is 22.3. The van der Waals surface area contributed by atoms with E-state index in [1.165, 1.54) is 0 Å². The molecule has 4 bridgehead atoms. The quantitative estimate of drug-likeness (QED) is 0.0872. The standard InChI is InChI=1S/C32H45N5O13Si8/c1-39-29-12-8-27(9-13-29)31(26-6-3-2-4-7-26)28-10-14-30(15-11-28)40-21-5-19-36-32(38)37-20-23-54-42-52-44-56-45-55-43-51-41-53(22-16-33)46-57(48-55,24-17-34)50-58(47-54,49-56)25-18-35/h2-4,6-15H,5,16-25,33-35H2,1H3,(H-,36,37,38)/p+1. The van der Waals surface area contributed by atoms with Crippen LogP contribution in [0.5, 0.6) is 5.75 Å². The van der Waals surface area contributed by atoms with Crippen molar-refractivity contribution < 1.29 is 55.1 Å². The minimum atomic E-state index is -3.72. The summed E-state index contributed by atoms with van der Waals surface area (Å²) in [5, 5.41) is 5.74. The highest BCUT2D eigenvalue weighted by molar-refractivity contribution is 6.87. The van der Waals surface area contributed by atoms with Crippen LogP contribution in [-0.4, -0.2) is 133 Å².